The third-order valence-corrected chi connectivity index (χ3v) is 18.1. The lowest BCUT2D eigenvalue weighted by atomic mass is 9.80. The maximum absolute atomic E-state index is 13.6. The van der Waals surface area contributed by atoms with Gasteiger partial charge in [0.05, 0.1) is 18.1 Å². The van der Waals surface area contributed by atoms with Crippen LogP contribution in [0.15, 0.2) is 0 Å². The summed E-state index contributed by atoms with van der Waals surface area (Å²) in [5.41, 5.74) is 0. The molecule has 0 aliphatic rings. The molecule has 4 nitrogen and oxygen atoms in total. The van der Waals surface area contributed by atoms with Gasteiger partial charge in [-0.25, -0.2) is 0 Å². The van der Waals surface area contributed by atoms with E-state index in [1.165, 1.54) is 0 Å². The van der Waals surface area contributed by atoms with Crippen molar-refractivity contribution in [2.75, 3.05) is 0 Å². The Balaban J connectivity index is 5.74. The Morgan fingerprint density at radius 3 is 1.53 bits per heavy atom. The summed E-state index contributed by atoms with van der Waals surface area (Å²) in [6.07, 6.45) is 1.45. The van der Waals surface area contributed by atoms with Crippen molar-refractivity contribution in [1.82, 2.24) is 0 Å². The minimum Gasteiger partial charge on any atom is -0.413 e. The van der Waals surface area contributed by atoms with Gasteiger partial charge in [-0.1, -0.05) is 82.6 Å². The summed E-state index contributed by atoms with van der Waals surface area (Å²) < 4.78 is 13.5. The fourth-order valence-electron chi connectivity index (χ4n) is 4.60. The molecule has 0 rings (SSSR count). The molecule has 0 aromatic rings. The van der Waals surface area contributed by atoms with E-state index in [1.54, 1.807) is 6.92 Å². The van der Waals surface area contributed by atoms with Crippen LogP contribution in [0, 0.1) is 23.7 Å². The summed E-state index contributed by atoms with van der Waals surface area (Å²) in [6, 6.07) is 3.17. The topological polar surface area (TPSA) is 52.6 Å². The zero-order valence-corrected chi connectivity index (χ0v) is 27.1. The summed E-state index contributed by atoms with van der Waals surface area (Å²) >= 11 is 0. The second-order valence-corrected chi connectivity index (χ2v) is 21.6. The van der Waals surface area contributed by atoms with Crippen molar-refractivity contribution in [2.45, 2.75) is 144 Å². The highest BCUT2D eigenvalue weighted by atomic mass is 28.4. The molecule has 0 N–H and O–H groups in total. The van der Waals surface area contributed by atoms with E-state index in [0.717, 1.165) is 31.0 Å². The lowest BCUT2D eigenvalue weighted by molar-refractivity contribution is -0.139. The van der Waals surface area contributed by atoms with E-state index in [9.17, 15) is 9.59 Å². The first-order valence-electron chi connectivity index (χ1n) is 13.9. The monoisotopic (exact) mass is 514 g/mol. The molecule has 6 heteroatoms. The Morgan fingerprint density at radius 1 is 0.735 bits per heavy atom. The first-order valence-corrected chi connectivity index (χ1v) is 19.4. The molecule has 0 spiro atoms. The van der Waals surface area contributed by atoms with Crippen molar-refractivity contribution >= 4 is 28.2 Å². The van der Waals surface area contributed by atoms with Gasteiger partial charge < -0.3 is 8.85 Å². The Hall–Kier alpha value is -0.306. The standard InChI is InChI=1S/C28H58O4Si2/c1-15-20(6)27(32-34(17-3,18-4)19-5)23(9)26(30)22(8)25(29)21(7)24(16-2)31-33(13,14)28(10,11)12/h20-24,27H,15-19H2,1-14H3/t20-,21-,22?,23-,24-,27+/m0/s1. The van der Waals surface area contributed by atoms with Gasteiger partial charge in [0.15, 0.2) is 16.6 Å². The average Bonchev–Trinajstić information content (AvgIpc) is 2.80. The van der Waals surface area contributed by atoms with Crippen LogP contribution in [-0.4, -0.2) is 40.4 Å². The maximum Gasteiger partial charge on any atom is 0.192 e. The Labute approximate surface area is 214 Å². The number of hydrogen-bond acceptors (Lipinski definition) is 4. The van der Waals surface area contributed by atoms with Crippen LogP contribution in [0.4, 0.5) is 0 Å². The largest absolute Gasteiger partial charge is 0.413 e. The van der Waals surface area contributed by atoms with E-state index >= 15 is 0 Å². The number of carbonyl (C=O) groups is 2. The number of hydrogen-bond donors (Lipinski definition) is 0. The average molecular weight is 515 g/mol. The summed E-state index contributed by atoms with van der Waals surface area (Å²) in [4.78, 5) is 27.2. The van der Waals surface area contributed by atoms with Crippen molar-refractivity contribution in [3.8, 4) is 0 Å². The van der Waals surface area contributed by atoms with Crippen LogP contribution in [0.25, 0.3) is 0 Å². The molecule has 1 unspecified atom stereocenters. The van der Waals surface area contributed by atoms with Gasteiger partial charge in [0.1, 0.15) is 11.6 Å². The number of Topliss-reactive ketones (excluding diaryl/α,β-unsaturated/α-hetero) is 2. The zero-order valence-electron chi connectivity index (χ0n) is 25.1. The lowest BCUT2D eigenvalue weighted by Gasteiger charge is -2.41. The predicted molar refractivity (Wildman–Crippen MR) is 151 cm³/mol. The molecule has 0 bridgehead atoms. The third kappa shape index (κ3) is 8.38. The van der Waals surface area contributed by atoms with Gasteiger partial charge in [-0.3, -0.25) is 9.59 Å². The van der Waals surface area contributed by atoms with Crippen LogP contribution >= 0.6 is 0 Å². The van der Waals surface area contributed by atoms with Crippen molar-refractivity contribution in [2.24, 2.45) is 23.7 Å². The van der Waals surface area contributed by atoms with Crippen LogP contribution in [-0.2, 0) is 18.4 Å². The van der Waals surface area contributed by atoms with Gasteiger partial charge in [-0.2, -0.15) is 0 Å². The van der Waals surface area contributed by atoms with Crippen LogP contribution < -0.4 is 0 Å². The SMILES string of the molecule is CC[C@H](O[Si](C)(C)C(C)(C)C)[C@H](C)C(=O)C(C)C(=O)[C@H](C)[C@H](O[Si](CC)(CC)CC)[C@@H](C)CC. The minimum atomic E-state index is -2.01. The van der Waals surface area contributed by atoms with Crippen LogP contribution in [0.2, 0.25) is 36.3 Å². The highest BCUT2D eigenvalue weighted by molar-refractivity contribution is 6.74. The second-order valence-electron chi connectivity index (χ2n) is 12.1. The Morgan fingerprint density at radius 2 is 1.18 bits per heavy atom. The summed E-state index contributed by atoms with van der Waals surface area (Å²) in [6.45, 7) is 29.9. The van der Waals surface area contributed by atoms with E-state index in [1.807, 2.05) is 13.8 Å². The molecular formula is C28H58O4Si2. The molecule has 0 aliphatic carbocycles. The lowest BCUT2D eigenvalue weighted by Crippen LogP contribution is -2.49. The van der Waals surface area contributed by atoms with Crippen LogP contribution in [0.1, 0.15) is 95.9 Å². The van der Waals surface area contributed by atoms with E-state index in [-0.39, 0.29) is 46.6 Å². The quantitative estimate of drug-likeness (QED) is 0.154. The number of ketones is 2. The predicted octanol–water partition coefficient (Wildman–Crippen LogP) is 8.27. The molecule has 0 aliphatic heterocycles. The number of rotatable bonds is 16. The van der Waals surface area contributed by atoms with E-state index in [0.29, 0.717) is 0 Å². The molecule has 6 atom stereocenters. The van der Waals surface area contributed by atoms with E-state index < -0.39 is 22.6 Å². The Bertz CT molecular complexity index is 629. The molecule has 202 valence electrons. The second kappa shape index (κ2) is 13.9. The fourth-order valence-corrected chi connectivity index (χ4v) is 9.10. The highest BCUT2D eigenvalue weighted by Crippen LogP contribution is 2.39. The first-order chi connectivity index (χ1) is 15.5. The zero-order chi connectivity index (χ0) is 27.1. The maximum atomic E-state index is 13.6. The molecule has 0 radical (unpaired) electrons. The highest BCUT2D eigenvalue weighted by Gasteiger charge is 2.43. The van der Waals surface area contributed by atoms with Gasteiger partial charge in [0.25, 0.3) is 0 Å². The van der Waals surface area contributed by atoms with Gasteiger partial charge in [-0.15, -0.1) is 0 Å². The summed E-state index contributed by atoms with van der Waals surface area (Å²) in [5.74, 6) is -0.924. The van der Waals surface area contributed by atoms with Gasteiger partial charge in [-0.05, 0) is 55.5 Å². The van der Waals surface area contributed by atoms with Crippen molar-refractivity contribution < 1.29 is 18.4 Å². The van der Waals surface area contributed by atoms with Gasteiger partial charge in [0, 0.05) is 11.8 Å². The van der Waals surface area contributed by atoms with Crippen molar-refractivity contribution in [3.05, 3.63) is 0 Å². The normalized spacial score (nSPS) is 18.6. The van der Waals surface area contributed by atoms with Gasteiger partial charge >= 0.3 is 0 Å². The van der Waals surface area contributed by atoms with Gasteiger partial charge in [0.2, 0.25) is 0 Å². The first kappa shape index (κ1) is 33.7. The minimum absolute atomic E-state index is 0.00953. The summed E-state index contributed by atoms with van der Waals surface area (Å²) in [7, 11) is -3.88. The third-order valence-electron chi connectivity index (χ3n) is 8.98. The van der Waals surface area contributed by atoms with Crippen LogP contribution in [0.5, 0.6) is 0 Å². The summed E-state index contributed by atoms with van der Waals surface area (Å²) in [5, 5.41) is 0.0776. The molecule has 34 heavy (non-hydrogen) atoms. The van der Waals surface area contributed by atoms with Crippen molar-refractivity contribution in [1.29, 1.82) is 0 Å². The molecule has 0 aromatic carbocycles. The van der Waals surface area contributed by atoms with E-state index in [4.69, 9.17) is 8.85 Å². The molecule has 0 fully saturated rings. The molecule has 0 amide bonds. The van der Waals surface area contributed by atoms with Crippen LogP contribution in [0.3, 0.4) is 0 Å². The smallest absolute Gasteiger partial charge is 0.192 e. The molecule has 0 aromatic heterocycles. The molecule has 0 saturated heterocycles. The fraction of sp³-hybridized carbons (Fsp3) is 0.929. The van der Waals surface area contributed by atoms with Crippen molar-refractivity contribution in [3.63, 3.8) is 0 Å². The Kier molecular flexibility index (Phi) is 13.7. The molecular weight excluding hydrogens is 456 g/mol. The van der Waals surface area contributed by atoms with E-state index in [2.05, 4.69) is 75.4 Å². The number of carbonyl (C=O) groups excluding carboxylic acids is 2. The molecule has 0 heterocycles. The molecule has 0 saturated carbocycles.